The van der Waals surface area contributed by atoms with Crippen molar-refractivity contribution in [2.24, 2.45) is 0 Å². The van der Waals surface area contributed by atoms with Gasteiger partial charge in [-0.25, -0.2) is 14.1 Å². The largest absolute Gasteiger partial charge is 0.464 e. The van der Waals surface area contributed by atoms with Crippen LogP contribution in [0.2, 0.25) is 0 Å². The number of aromatic nitrogens is 6. The Balaban J connectivity index is 2.03. The molecule has 2 heterocycles. The Morgan fingerprint density at radius 2 is 2.33 bits per heavy atom. The first-order valence-corrected chi connectivity index (χ1v) is 4.62. The average molecular weight is 253 g/mol. The van der Waals surface area contributed by atoms with Crippen LogP contribution in [-0.4, -0.2) is 49.5 Å². The highest BCUT2D eigenvalue weighted by molar-refractivity contribution is 5.98. The Morgan fingerprint density at radius 1 is 1.50 bits per heavy atom. The summed E-state index contributed by atoms with van der Waals surface area (Å²) in [6.07, 6.45) is 1.27. The second-order valence-corrected chi connectivity index (χ2v) is 3.01. The molecule has 0 aliphatic carbocycles. The van der Waals surface area contributed by atoms with Crippen molar-refractivity contribution in [1.29, 1.82) is 0 Å². The van der Waals surface area contributed by atoms with Crippen molar-refractivity contribution >= 4 is 17.7 Å². The van der Waals surface area contributed by atoms with E-state index in [-0.39, 0.29) is 18.1 Å². The summed E-state index contributed by atoms with van der Waals surface area (Å²) in [6.45, 7) is -0.138. The van der Waals surface area contributed by atoms with E-state index in [0.29, 0.717) is 0 Å². The van der Waals surface area contributed by atoms with Crippen LogP contribution in [0.4, 0.5) is 5.82 Å². The first-order valence-electron chi connectivity index (χ1n) is 4.62. The van der Waals surface area contributed by atoms with Gasteiger partial charge in [0.1, 0.15) is 12.9 Å². The molecule has 0 saturated carbocycles. The minimum Gasteiger partial charge on any atom is -0.464 e. The minimum absolute atomic E-state index is 0.125. The quantitative estimate of drug-likeness (QED) is 0.643. The van der Waals surface area contributed by atoms with Crippen LogP contribution in [0.15, 0.2) is 11.0 Å². The summed E-state index contributed by atoms with van der Waals surface area (Å²) in [7, 11) is 1.17. The van der Waals surface area contributed by atoms with Gasteiger partial charge < -0.3 is 10.1 Å². The molecule has 0 aromatic carbocycles. The number of amides is 1. The zero-order chi connectivity index (χ0) is 13.0. The van der Waals surface area contributed by atoms with E-state index in [1.54, 1.807) is 0 Å². The van der Waals surface area contributed by atoms with E-state index in [2.05, 4.69) is 40.5 Å². The zero-order valence-corrected chi connectivity index (χ0v) is 9.10. The van der Waals surface area contributed by atoms with Crippen molar-refractivity contribution in [3.8, 4) is 0 Å². The van der Waals surface area contributed by atoms with Crippen LogP contribution in [0, 0.1) is 0 Å². The van der Waals surface area contributed by atoms with E-state index in [1.807, 2.05) is 0 Å². The van der Waals surface area contributed by atoms with Gasteiger partial charge in [-0.2, -0.15) is 0 Å². The van der Waals surface area contributed by atoms with Gasteiger partial charge in [-0.15, -0.1) is 5.10 Å². The van der Waals surface area contributed by atoms with Gasteiger partial charge in [0.2, 0.25) is 17.4 Å². The average Bonchev–Trinajstić information content (AvgIpc) is 2.99. The smallest absolute Gasteiger partial charge is 0.364 e. The fraction of sp³-hybridized carbons (Fsp3) is 0.286. The summed E-state index contributed by atoms with van der Waals surface area (Å²) < 4.78 is 9.97. The molecule has 0 unspecified atom stereocenters. The lowest BCUT2D eigenvalue weighted by atomic mass is 10.4. The van der Waals surface area contributed by atoms with Crippen LogP contribution >= 0.6 is 0 Å². The fourth-order valence-electron chi connectivity index (χ4n) is 1.07. The van der Waals surface area contributed by atoms with Crippen molar-refractivity contribution in [2.45, 2.75) is 6.54 Å². The Labute approximate surface area is 99.1 Å². The number of esters is 1. The Morgan fingerprint density at radius 3 is 3.00 bits per heavy atom. The number of tetrazole rings is 1. The number of hydrogen-bond acceptors (Lipinski definition) is 9. The lowest BCUT2D eigenvalue weighted by Crippen LogP contribution is -2.21. The molecular weight excluding hydrogens is 246 g/mol. The highest BCUT2D eigenvalue weighted by Gasteiger charge is 2.20. The number of nitrogens with one attached hydrogen (secondary N) is 1. The molecule has 0 saturated heterocycles. The first kappa shape index (κ1) is 11.6. The highest BCUT2D eigenvalue weighted by Crippen LogP contribution is 2.10. The van der Waals surface area contributed by atoms with E-state index in [4.69, 9.17) is 0 Å². The van der Waals surface area contributed by atoms with Gasteiger partial charge in [0.15, 0.2) is 0 Å². The fourth-order valence-corrected chi connectivity index (χ4v) is 1.07. The van der Waals surface area contributed by atoms with Crippen LogP contribution in [0.3, 0.4) is 0 Å². The maximum absolute atomic E-state index is 11.6. The van der Waals surface area contributed by atoms with Gasteiger partial charge in [0.25, 0.3) is 0 Å². The molecular formula is C7H7N7O4. The third-order valence-electron chi connectivity index (χ3n) is 1.82. The van der Waals surface area contributed by atoms with Gasteiger partial charge in [0, 0.05) is 0 Å². The van der Waals surface area contributed by atoms with Gasteiger partial charge in [-0.1, -0.05) is 0 Å². The second-order valence-electron chi connectivity index (χ2n) is 3.01. The van der Waals surface area contributed by atoms with E-state index >= 15 is 0 Å². The Kier molecular flexibility index (Phi) is 3.22. The molecule has 1 N–H and O–H groups in total. The topological polar surface area (TPSA) is 138 Å². The lowest BCUT2D eigenvalue weighted by molar-refractivity contribution is -0.117. The predicted molar refractivity (Wildman–Crippen MR) is 52.1 cm³/mol. The van der Waals surface area contributed by atoms with Gasteiger partial charge in [-0.05, 0) is 20.7 Å². The number of anilines is 1. The minimum atomic E-state index is -0.769. The maximum atomic E-state index is 11.6. The molecule has 2 aromatic rings. The molecule has 18 heavy (non-hydrogen) atoms. The number of nitrogens with zero attached hydrogens (tertiary/aromatic N) is 6. The molecule has 0 radical (unpaired) electrons. The van der Waals surface area contributed by atoms with Crippen LogP contribution in [-0.2, 0) is 16.1 Å². The van der Waals surface area contributed by atoms with E-state index in [1.165, 1.54) is 18.1 Å². The van der Waals surface area contributed by atoms with Crippen LogP contribution < -0.4 is 5.32 Å². The molecule has 2 aromatic heterocycles. The molecule has 94 valence electrons. The maximum Gasteiger partial charge on any atom is 0.364 e. The normalized spacial score (nSPS) is 10.1. The number of hydrogen-bond donors (Lipinski definition) is 1. The van der Waals surface area contributed by atoms with Crippen molar-refractivity contribution in [2.75, 3.05) is 12.4 Å². The third-order valence-corrected chi connectivity index (χ3v) is 1.82. The third kappa shape index (κ3) is 2.45. The molecule has 0 bridgehead atoms. The molecule has 11 nitrogen and oxygen atoms in total. The molecule has 1 amide bonds. The Bertz CT molecular complexity index is 548. The van der Waals surface area contributed by atoms with Crippen molar-refractivity contribution in [3.05, 3.63) is 12.0 Å². The zero-order valence-electron chi connectivity index (χ0n) is 9.10. The molecule has 0 aliphatic rings. The Hall–Kier alpha value is -2.85. The van der Waals surface area contributed by atoms with Crippen molar-refractivity contribution in [1.82, 2.24) is 30.5 Å². The number of ether oxygens (including phenoxy) is 1. The highest BCUT2D eigenvalue weighted by atomic mass is 16.6. The van der Waals surface area contributed by atoms with E-state index in [0.717, 1.165) is 0 Å². The number of carbonyl (C=O) groups is 2. The van der Waals surface area contributed by atoms with Crippen LogP contribution in [0.25, 0.3) is 0 Å². The predicted octanol–water partition coefficient (Wildman–Crippen LogP) is -1.52. The molecule has 0 fully saturated rings. The molecule has 0 atom stereocenters. The summed E-state index contributed by atoms with van der Waals surface area (Å²) >= 11 is 0. The monoisotopic (exact) mass is 253 g/mol. The summed E-state index contributed by atoms with van der Waals surface area (Å²) in [4.78, 5) is 22.8. The second kappa shape index (κ2) is 4.99. The lowest BCUT2D eigenvalue weighted by Gasteiger charge is -2.01. The van der Waals surface area contributed by atoms with Gasteiger partial charge in [-0.3, -0.25) is 4.79 Å². The number of methoxy groups -OCH3 is 1. The van der Waals surface area contributed by atoms with Crippen LogP contribution in [0.1, 0.15) is 10.5 Å². The van der Waals surface area contributed by atoms with E-state index < -0.39 is 11.9 Å². The molecule has 11 heteroatoms. The SMILES string of the molecule is COC(=O)c1nonc1NC(=O)Cn1cnnn1. The molecule has 0 aliphatic heterocycles. The van der Waals surface area contributed by atoms with Crippen LogP contribution in [0.5, 0.6) is 0 Å². The standard InChI is InChI=1S/C7H7N7O4/c1-17-7(16)5-6(11-18-10-5)9-4(15)2-14-3-8-12-13-14/h3H,2H2,1H3,(H,9,11,15). The van der Waals surface area contributed by atoms with Gasteiger partial charge >= 0.3 is 5.97 Å². The number of carbonyl (C=O) groups excluding carboxylic acids is 2. The molecule has 0 spiro atoms. The summed E-state index contributed by atoms with van der Waals surface area (Å²) in [5.74, 6) is -1.39. The first-order chi connectivity index (χ1) is 8.70. The van der Waals surface area contributed by atoms with Crippen molar-refractivity contribution in [3.63, 3.8) is 0 Å². The van der Waals surface area contributed by atoms with Crippen molar-refractivity contribution < 1.29 is 19.0 Å². The van der Waals surface area contributed by atoms with E-state index in [9.17, 15) is 9.59 Å². The van der Waals surface area contributed by atoms with Gasteiger partial charge in [0.05, 0.1) is 7.11 Å². The summed E-state index contributed by atoms with van der Waals surface area (Å²) in [6, 6.07) is 0. The molecule has 2 rings (SSSR count). The number of rotatable bonds is 4. The summed E-state index contributed by atoms with van der Waals surface area (Å²) in [5, 5.41) is 19.2. The summed E-state index contributed by atoms with van der Waals surface area (Å²) in [5.41, 5.74) is -0.220.